The van der Waals surface area contributed by atoms with E-state index in [2.05, 4.69) is 41.5 Å². The van der Waals surface area contributed by atoms with Crippen molar-refractivity contribution in [1.82, 2.24) is 4.98 Å². The molecule has 1 heterocycles. The van der Waals surface area contributed by atoms with Gasteiger partial charge in [0, 0.05) is 17.6 Å². The summed E-state index contributed by atoms with van der Waals surface area (Å²) in [6.07, 6.45) is 1.84. The topological polar surface area (TPSA) is 34.1 Å². The molecule has 0 radical (unpaired) electrons. The molecule has 3 nitrogen and oxygen atoms in total. The van der Waals surface area contributed by atoms with Crippen LogP contribution in [-0.2, 0) is 0 Å². The van der Waals surface area contributed by atoms with E-state index in [1.807, 2.05) is 36.5 Å². The fourth-order valence-electron chi connectivity index (χ4n) is 2.42. The maximum atomic E-state index is 5.19. The second-order valence-electron chi connectivity index (χ2n) is 5.02. The summed E-state index contributed by atoms with van der Waals surface area (Å²) in [5, 5.41) is 5.82. The molecule has 0 amide bonds. The monoisotopic (exact) mass is 278 g/mol. The maximum Gasteiger partial charge on any atom is 0.134 e. The predicted octanol–water partition coefficient (Wildman–Crippen LogP) is 4.42. The van der Waals surface area contributed by atoms with E-state index in [1.54, 1.807) is 7.11 Å². The Hall–Kier alpha value is -2.55. The average molecular weight is 278 g/mol. The van der Waals surface area contributed by atoms with Crippen molar-refractivity contribution in [3.8, 4) is 5.75 Å². The van der Waals surface area contributed by atoms with E-state index < -0.39 is 0 Å². The molecule has 2 aromatic carbocycles. The van der Waals surface area contributed by atoms with Crippen LogP contribution in [0.2, 0.25) is 0 Å². The van der Waals surface area contributed by atoms with Crippen molar-refractivity contribution in [2.45, 2.75) is 13.0 Å². The first kappa shape index (κ1) is 13.4. The molecule has 3 aromatic rings. The van der Waals surface area contributed by atoms with Gasteiger partial charge in [-0.3, -0.25) is 0 Å². The molecule has 0 bridgehead atoms. The Kier molecular flexibility index (Phi) is 3.73. The summed E-state index contributed by atoms with van der Waals surface area (Å²) in [4.78, 5) is 4.47. The standard InChI is InChI=1S/C18H18N2O/c1-13(14-7-9-16(21-2)10-8-14)20-18-17-6-4-3-5-15(17)11-12-19-18/h3-13H,1-2H3,(H,19,20). The summed E-state index contributed by atoms with van der Waals surface area (Å²) >= 11 is 0. The van der Waals surface area contributed by atoms with Gasteiger partial charge in [0.05, 0.1) is 7.11 Å². The van der Waals surface area contributed by atoms with Crippen molar-refractivity contribution in [3.05, 3.63) is 66.4 Å². The molecule has 0 aliphatic heterocycles. The molecule has 0 saturated carbocycles. The Morgan fingerprint density at radius 3 is 2.52 bits per heavy atom. The van der Waals surface area contributed by atoms with Gasteiger partial charge in [-0.15, -0.1) is 0 Å². The Labute approximate surface area is 124 Å². The van der Waals surface area contributed by atoms with E-state index in [1.165, 1.54) is 10.9 Å². The van der Waals surface area contributed by atoms with Crippen molar-refractivity contribution < 1.29 is 4.74 Å². The van der Waals surface area contributed by atoms with Gasteiger partial charge in [0.1, 0.15) is 11.6 Å². The Balaban J connectivity index is 1.87. The van der Waals surface area contributed by atoms with Crippen molar-refractivity contribution in [1.29, 1.82) is 0 Å². The van der Waals surface area contributed by atoms with E-state index in [9.17, 15) is 0 Å². The molecular formula is C18H18N2O. The van der Waals surface area contributed by atoms with Gasteiger partial charge in [-0.25, -0.2) is 4.98 Å². The molecule has 1 atom stereocenters. The smallest absolute Gasteiger partial charge is 0.134 e. The van der Waals surface area contributed by atoms with E-state index in [0.29, 0.717) is 0 Å². The summed E-state index contributed by atoms with van der Waals surface area (Å²) in [5.41, 5.74) is 1.20. The summed E-state index contributed by atoms with van der Waals surface area (Å²) in [6.45, 7) is 2.13. The molecular weight excluding hydrogens is 260 g/mol. The molecule has 3 heteroatoms. The molecule has 3 rings (SSSR count). The molecule has 0 saturated heterocycles. The summed E-state index contributed by atoms with van der Waals surface area (Å²) < 4.78 is 5.19. The second-order valence-corrected chi connectivity index (χ2v) is 5.02. The van der Waals surface area contributed by atoms with Crippen molar-refractivity contribution >= 4 is 16.6 Å². The minimum absolute atomic E-state index is 0.175. The van der Waals surface area contributed by atoms with Gasteiger partial charge in [-0.05, 0) is 36.1 Å². The Morgan fingerprint density at radius 1 is 1.00 bits per heavy atom. The zero-order valence-corrected chi connectivity index (χ0v) is 12.2. The number of rotatable bonds is 4. The highest BCUT2D eigenvalue weighted by Gasteiger charge is 2.08. The fraction of sp³-hybridized carbons (Fsp3) is 0.167. The molecule has 106 valence electrons. The molecule has 21 heavy (non-hydrogen) atoms. The number of aromatic nitrogens is 1. The molecule has 1 N–H and O–H groups in total. The highest BCUT2D eigenvalue weighted by molar-refractivity contribution is 5.91. The van der Waals surface area contributed by atoms with Gasteiger partial charge in [0.2, 0.25) is 0 Å². The quantitative estimate of drug-likeness (QED) is 0.767. The van der Waals surface area contributed by atoms with Crippen molar-refractivity contribution in [2.24, 2.45) is 0 Å². The lowest BCUT2D eigenvalue weighted by molar-refractivity contribution is 0.414. The number of methoxy groups -OCH3 is 1. The third-order valence-electron chi connectivity index (χ3n) is 3.64. The summed E-state index contributed by atoms with van der Waals surface area (Å²) in [7, 11) is 1.68. The fourth-order valence-corrected chi connectivity index (χ4v) is 2.42. The van der Waals surface area contributed by atoms with Crippen LogP contribution >= 0.6 is 0 Å². The third-order valence-corrected chi connectivity index (χ3v) is 3.64. The van der Waals surface area contributed by atoms with Crippen LogP contribution in [0.4, 0.5) is 5.82 Å². The third kappa shape index (κ3) is 2.82. The number of nitrogens with zero attached hydrogens (tertiary/aromatic N) is 1. The van der Waals surface area contributed by atoms with E-state index in [0.717, 1.165) is 17.0 Å². The molecule has 0 aliphatic rings. The minimum Gasteiger partial charge on any atom is -0.497 e. The van der Waals surface area contributed by atoms with Crippen molar-refractivity contribution in [2.75, 3.05) is 12.4 Å². The lowest BCUT2D eigenvalue weighted by Gasteiger charge is -2.16. The van der Waals surface area contributed by atoms with Gasteiger partial charge >= 0.3 is 0 Å². The number of hydrogen-bond donors (Lipinski definition) is 1. The predicted molar refractivity (Wildman–Crippen MR) is 86.8 cm³/mol. The van der Waals surface area contributed by atoms with E-state index >= 15 is 0 Å². The summed E-state index contributed by atoms with van der Waals surface area (Å²) in [6, 6.07) is 18.6. The lowest BCUT2D eigenvalue weighted by Crippen LogP contribution is -2.08. The molecule has 0 fully saturated rings. The Bertz CT molecular complexity index is 732. The number of anilines is 1. The first-order valence-corrected chi connectivity index (χ1v) is 7.02. The number of hydrogen-bond acceptors (Lipinski definition) is 3. The van der Waals surface area contributed by atoms with Crippen LogP contribution < -0.4 is 10.1 Å². The normalized spacial score (nSPS) is 12.1. The number of pyridine rings is 1. The average Bonchev–Trinajstić information content (AvgIpc) is 2.55. The largest absolute Gasteiger partial charge is 0.497 e. The molecule has 0 spiro atoms. The SMILES string of the molecule is COc1ccc(C(C)Nc2nccc3ccccc23)cc1. The number of fused-ring (bicyclic) bond motifs is 1. The number of nitrogens with one attached hydrogen (secondary N) is 1. The first-order valence-electron chi connectivity index (χ1n) is 7.02. The van der Waals surface area contributed by atoms with Gasteiger partial charge in [-0.2, -0.15) is 0 Å². The van der Waals surface area contributed by atoms with Gasteiger partial charge in [0.15, 0.2) is 0 Å². The van der Waals surface area contributed by atoms with Crippen LogP contribution in [0.5, 0.6) is 5.75 Å². The number of ether oxygens (including phenoxy) is 1. The van der Waals surface area contributed by atoms with Crippen LogP contribution in [0.3, 0.4) is 0 Å². The molecule has 1 aromatic heterocycles. The van der Waals surface area contributed by atoms with Gasteiger partial charge < -0.3 is 10.1 Å². The van der Waals surface area contributed by atoms with Gasteiger partial charge in [-0.1, -0.05) is 36.4 Å². The van der Waals surface area contributed by atoms with Crippen LogP contribution in [0, 0.1) is 0 Å². The highest BCUT2D eigenvalue weighted by atomic mass is 16.5. The maximum absolute atomic E-state index is 5.19. The Morgan fingerprint density at radius 2 is 1.76 bits per heavy atom. The van der Waals surface area contributed by atoms with Gasteiger partial charge in [0.25, 0.3) is 0 Å². The zero-order chi connectivity index (χ0) is 14.7. The highest BCUT2D eigenvalue weighted by Crippen LogP contribution is 2.25. The molecule has 1 unspecified atom stereocenters. The van der Waals surface area contributed by atoms with Crippen LogP contribution in [-0.4, -0.2) is 12.1 Å². The van der Waals surface area contributed by atoms with E-state index in [-0.39, 0.29) is 6.04 Å². The first-order chi connectivity index (χ1) is 10.3. The second kappa shape index (κ2) is 5.83. The van der Waals surface area contributed by atoms with Crippen LogP contribution in [0.1, 0.15) is 18.5 Å². The molecule has 0 aliphatic carbocycles. The van der Waals surface area contributed by atoms with Crippen molar-refractivity contribution in [3.63, 3.8) is 0 Å². The van der Waals surface area contributed by atoms with Crippen LogP contribution in [0.15, 0.2) is 60.8 Å². The zero-order valence-electron chi connectivity index (χ0n) is 12.2. The van der Waals surface area contributed by atoms with E-state index in [4.69, 9.17) is 4.74 Å². The summed E-state index contributed by atoms with van der Waals surface area (Å²) in [5.74, 6) is 1.78. The van der Waals surface area contributed by atoms with Crippen LogP contribution in [0.25, 0.3) is 10.8 Å². The lowest BCUT2D eigenvalue weighted by atomic mass is 10.1. The minimum atomic E-state index is 0.175. The number of benzene rings is 2.